The van der Waals surface area contributed by atoms with Crippen molar-refractivity contribution < 1.29 is 5.11 Å². The highest BCUT2D eigenvalue weighted by molar-refractivity contribution is 6.30. The predicted molar refractivity (Wildman–Crippen MR) is 84.9 cm³/mol. The molecule has 2 heterocycles. The molecular formula is C16H10ClN3O3. The molecule has 1 aromatic carbocycles. The van der Waals surface area contributed by atoms with Crippen molar-refractivity contribution in [2.45, 2.75) is 6.54 Å². The number of fused-ring (bicyclic) bond motifs is 1. The third-order valence-electron chi connectivity index (χ3n) is 3.43. The Morgan fingerprint density at radius 3 is 2.74 bits per heavy atom. The SMILES string of the molecule is N#Cc1cn(Cc2cccc(Cl)c2)c(=O)c2c(O)c(=O)ccn12. The second-order valence-electron chi connectivity index (χ2n) is 4.94. The number of halogens is 1. The van der Waals surface area contributed by atoms with E-state index in [1.165, 1.54) is 21.4 Å². The average molecular weight is 328 g/mol. The Bertz CT molecular complexity index is 1080. The van der Waals surface area contributed by atoms with E-state index in [1.54, 1.807) is 24.3 Å². The topological polar surface area (TPSA) is 87.5 Å². The van der Waals surface area contributed by atoms with Crippen LogP contribution in [0.1, 0.15) is 11.3 Å². The molecule has 114 valence electrons. The summed E-state index contributed by atoms with van der Waals surface area (Å²) in [6.45, 7) is 0.160. The number of hydrogen-bond donors (Lipinski definition) is 1. The molecule has 0 saturated heterocycles. The number of aromatic nitrogens is 2. The molecule has 2 aromatic heterocycles. The van der Waals surface area contributed by atoms with Gasteiger partial charge in [0.2, 0.25) is 5.43 Å². The first-order valence-corrected chi connectivity index (χ1v) is 7.01. The van der Waals surface area contributed by atoms with Crippen LogP contribution < -0.4 is 11.0 Å². The zero-order valence-electron chi connectivity index (χ0n) is 11.7. The maximum atomic E-state index is 12.6. The van der Waals surface area contributed by atoms with Crippen molar-refractivity contribution >= 4 is 17.1 Å². The Morgan fingerprint density at radius 1 is 1.26 bits per heavy atom. The predicted octanol–water partition coefficient (Wildman–Crippen LogP) is 1.74. The van der Waals surface area contributed by atoms with Gasteiger partial charge in [-0.15, -0.1) is 0 Å². The largest absolute Gasteiger partial charge is 0.503 e. The first-order chi connectivity index (χ1) is 11.0. The Morgan fingerprint density at radius 2 is 2.04 bits per heavy atom. The molecule has 7 heteroatoms. The zero-order valence-corrected chi connectivity index (χ0v) is 12.5. The average Bonchev–Trinajstić information content (AvgIpc) is 2.53. The molecule has 6 nitrogen and oxygen atoms in total. The zero-order chi connectivity index (χ0) is 16.6. The molecule has 0 fully saturated rings. The standard InChI is InChI=1S/C16H10ClN3O3/c17-11-3-1-2-10(6-11)8-19-9-12(7-18)20-5-4-13(21)15(22)14(20)16(19)23/h1-6,9,22H,8H2. The Balaban J connectivity index is 2.28. The minimum absolute atomic E-state index is 0.122. The van der Waals surface area contributed by atoms with E-state index in [-0.39, 0.29) is 17.8 Å². The lowest BCUT2D eigenvalue weighted by molar-refractivity contribution is 0.472. The fourth-order valence-corrected chi connectivity index (χ4v) is 2.58. The third kappa shape index (κ3) is 2.58. The molecule has 0 aliphatic rings. The van der Waals surface area contributed by atoms with Gasteiger partial charge in [0.05, 0.1) is 6.54 Å². The quantitative estimate of drug-likeness (QED) is 0.776. The van der Waals surface area contributed by atoms with Gasteiger partial charge in [0.25, 0.3) is 5.56 Å². The molecule has 0 saturated carbocycles. The van der Waals surface area contributed by atoms with Crippen molar-refractivity contribution in [3.63, 3.8) is 0 Å². The van der Waals surface area contributed by atoms with Crippen LogP contribution in [0, 0.1) is 11.3 Å². The smallest absolute Gasteiger partial charge is 0.279 e. The van der Waals surface area contributed by atoms with E-state index in [0.29, 0.717) is 5.02 Å². The molecule has 3 rings (SSSR count). The number of pyridine rings is 1. The van der Waals surface area contributed by atoms with E-state index >= 15 is 0 Å². The van der Waals surface area contributed by atoms with Gasteiger partial charge >= 0.3 is 0 Å². The van der Waals surface area contributed by atoms with Crippen molar-refractivity contribution in [1.82, 2.24) is 8.97 Å². The van der Waals surface area contributed by atoms with E-state index in [1.807, 2.05) is 6.07 Å². The van der Waals surface area contributed by atoms with Crippen molar-refractivity contribution in [3.05, 3.63) is 79.6 Å². The lowest BCUT2D eigenvalue weighted by atomic mass is 10.2. The summed E-state index contributed by atoms with van der Waals surface area (Å²) in [6, 6.07) is 9.98. The summed E-state index contributed by atoms with van der Waals surface area (Å²) in [4.78, 5) is 24.1. The molecule has 0 amide bonds. The fraction of sp³-hybridized carbons (Fsp3) is 0.0625. The van der Waals surface area contributed by atoms with E-state index in [2.05, 4.69) is 0 Å². The van der Waals surface area contributed by atoms with Crippen LogP contribution in [0.25, 0.3) is 5.52 Å². The molecule has 1 N–H and O–H groups in total. The van der Waals surface area contributed by atoms with E-state index < -0.39 is 16.7 Å². The second-order valence-corrected chi connectivity index (χ2v) is 5.37. The molecule has 23 heavy (non-hydrogen) atoms. The van der Waals surface area contributed by atoms with Gasteiger partial charge in [-0.2, -0.15) is 5.26 Å². The van der Waals surface area contributed by atoms with E-state index in [4.69, 9.17) is 11.6 Å². The van der Waals surface area contributed by atoms with Crippen molar-refractivity contribution in [2.24, 2.45) is 0 Å². The van der Waals surface area contributed by atoms with Gasteiger partial charge in [0, 0.05) is 23.5 Å². The highest BCUT2D eigenvalue weighted by Crippen LogP contribution is 2.14. The van der Waals surface area contributed by atoms with Crippen LogP contribution in [0.15, 0.2) is 52.3 Å². The number of nitriles is 1. The maximum absolute atomic E-state index is 12.6. The van der Waals surface area contributed by atoms with E-state index in [0.717, 1.165) is 11.6 Å². The lowest BCUT2D eigenvalue weighted by Gasteiger charge is -2.11. The van der Waals surface area contributed by atoms with Gasteiger partial charge in [0.1, 0.15) is 11.8 Å². The summed E-state index contributed by atoms with van der Waals surface area (Å²) in [5.74, 6) is -0.672. The molecule has 0 bridgehead atoms. The van der Waals surface area contributed by atoms with Gasteiger partial charge in [-0.1, -0.05) is 23.7 Å². The minimum atomic E-state index is -0.675. The van der Waals surface area contributed by atoms with E-state index in [9.17, 15) is 20.0 Å². The molecule has 0 aliphatic carbocycles. The molecular weight excluding hydrogens is 318 g/mol. The van der Waals surface area contributed by atoms with Crippen LogP contribution in [0.3, 0.4) is 0 Å². The summed E-state index contributed by atoms with van der Waals surface area (Å²) >= 11 is 5.93. The van der Waals surface area contributed by atoms with Crippen LogP contribution in [-0.2, 0) is 6.54 Å². The van der Waals surface area contributed by atoms with Crippen molar-refractivity contribution in [3.8, 4) is 11.8 Å². The van der Waals surface area contributed by atoms with Crippen LogP contribution in [-0.4, -0.2) is 14.1 Å². The number of hydrogen-bond acceptors (Lipinski definition) is 4. The Kier molecular flexibility index (Phi) is 3.64. The summed E-state index contributed by atoms with van der Waals surface area (Å²) in [5, 5.41) is 19.7. The molecule has 0 spiro atoms. The first-order valence-electron chi connectivity index (χ1n) is 6.63. The van der Waals surface area contributed by atoms with Gasteiger partial charge in [-0.05, 0) is 17.7 Å². The van der Waals surface area contributed by atoms with Crippen molar-refractivity contribution in [2.75, 3.05) is 0 Å². The third-order valence-corrected chi connectivity index (χ3v) is 3.67. The highest BCUT2D eigenvalue weighted by Gasteiger charge is 2.14. The molecule has 3 aromatic rings. The Hall–Kier alpha value is -3.04. The van der Waals surface area contributed by atoms with Gasteiger partial charge in [-0.3, -0.25) is 14.0 Å². The first kappa shape index (κ1) is 14.9. The minimum Gasteiger partial charge on any atom is -0.503 e. The maximum Gasteiger partial charge on any atom is 0.279 e. The molecule has 0 aliphatic heterocycles. The molecule has 0 unspecified atom stereocenters. The monoisotopic (exact) mass is 327 g/mol. The Labute approximate surface area is 135 Å². The molecule has 0 radical (unpaired) electrons. The summed E-state index contributed by atoms with van der Waals surface area (Å²) in [7, 11) is 0. The van der Waals surface area contributed by atoms with Crippen LogP contribution in [0.4, 0.5) is 0 Å². The summed E-state index contributed by atoms with van der Waals surface area (Å²) in [5.41, 5.74) is -0.591. The van der Waals surface area contributed by atoms with Crippen LogP contribution >= 0.6 is 11.6 Å². The molecule has 0 atom stereocenters. The van der Waals surface area contributed by atoms with Crippen LogP contribution in [0.5, 0.6) is 5.75 Å². The summed E-state index contributed by atoms with van der Waals surface area (Å²) < 4.78 is 2.46. The normalized spacial score (nSPS) is 10.6. The summed E-state index contributed by atoms with van der Waals surface area (Å²) in [6.07, 6.45) is 2.67. The highest BCUT2D eigenvalue weighted by atomic mass is 35.5. The number of rotatable bonds is 2. The van der Waals surface area contributed by atoms with Gasteiger partial charge in [-0.25, -0.2) is 0 Å². The number of aromatic hydroxyl groups is 1. The second kappa shape index (κ2) is 5.63. The van der Waals surface area contributed by atoms with Gasteiger partial charge in [0.15, 0.2) is 11.3 Å². The van der Waals surface area contributed by atoms with Crippen molar-refractivity contribution in [1.29, 1.82) is 5.26 Å². The fourth-order valence-electron chi connectivity index (χ4n) is 2.37. The lowest BCUT2D eigenvalue weighted by Crippen LogP contribution is -2.25. The number of nitrogens with zero attached hydrogens (tertiary/aromatic N) is 3. The van der Waals surface area contributed by atoms with Crippen LogP contribution in [0.2, 0.25) is 5.02 Å². The number of benzene rings is 1. The van der Waals surface area contributed by atoms with Gasteiger partial charge < -0.3 is 9.67 Å².